The monoisotopic (exact) mass is 384 g/mol. The van der Waals surface area contributed by atoms with Crippen LogP contribution in [0.5, 0.6) is 0 Å². The molecule has 12 nitrogen and oxygen atoms in total. The van der Waals surface area contributed by atoms with Crippen molar-refractivity contribution in [3.8, 4) is 0 Å². The van der Waals surface area contributed by atoms with Gasteiger partial charge in [0.2, 0.25) is 0 Å². The van der Waals surface area contributed by atoms with E-state index in [0.29, 0.717) is 26.2 Å². The molecule has 1 saturated heterocycles. The van der Waals surface area contributed by atoms with E-state index in [1.54, 1.807) is 34.3 Å². The van der Waals surface area contributed by atoms with E-state index in [9.17, 15) is 20.2 Å². The lowest BCUT2D eigenvalue weighted by Crippen LogP contribution is -2.40. The largest absolute Gasteiger partial charge is 0.296 e. The molecule has 0 amide bonds. The fourth-order valence-corrected chi connectivity index (χ4v) is 2.49. The van der Waals surface area contributed by atoms with E-state index in [-0.39, 0.29) is 22.7 Å². The number of hydrogen-bond donors (Lipinski definition) is 0. The number of hydrogen-bond acceptors (Lipinski definition) is 8. The molecule has 3 rings (SSSR count). The van der Waals surface area contributed by atoms with Gasteiger partial charge >= 0.3 is 0 Å². The number of piperazine rings is 1. The van der Waals surface area contributed by atoms with E-state index < -0.39 is 9.85 Å². The quantitative estimate of drug-likeness (QED) is 0.421. The molecule has 2 aromatic rings. The lowest BCUT2D eigenvalue weighted by atomic mass is 10.3. The van der Waals surface area contributed by atoms with Gasteiger partial charge in [0.1, 0.15) is 0 Å². The highest BCUT2D eigenvalue weighted by Crippen LogP contribution is 2.28. The number of nitro groups is 2. The lowest BCUT2D eigenvalue weighted by molar-refractivity contribution is -0.384. The molecule has 0 atom stereocenters. The Hall–Kier alpha value is -3.96. The zero-order valence-corrected chi connectivity index (χ0v) is 14.7. The van der Waals surface area contributed by atoms with Gasteiger partial charge in [0.05, 0.1) is 36.0 Å². The first kappa shape index (κ1) is 18.8. The summed E-state index contributed by atoms with van der Waals surface area (Å²) in [6.45, 7) is 1.94. The molecule has 2 aromatic carbocycles. The summed E-state index contributed by atoms with van der Waals surface area (Å²) in [5.41, 5.74) is 0.156. The van der Waals surface area contributed by atoms with Crippen LogP contribution in [0, 0.1) is 20.2 Å². The molecule has 0 radical (unpaired) electrons. The van der Waals surface area contributed by atoms with Gasteiger partial charge in [0.15, 0.2) is 11.4 Å². The first-order chi connectivity index (χ1) is 13.5. The van der Waals surface area contributed by atoms with Crippen LogP contribution in [0.2, 0.25) is 0 Å². The van der Waals surface area contributed by atoms with Crippen molar-refractivity contribution in [1.29, 1.82) is 0 Å². The van der Waals surface area contributed by atoms with Gasteiger partial charge in [-0.25, -0.2) is 0 Å². The van der Waals surface area contributed by atoms with Crippen LogP contribution in [0.3, 0.4) is 0 Å². The van der Waals surface area contributed by atoms with Gasteiger partial charge in [0, 0.05) is 12.1 Å². The maximum absolute atomic E-state index is 11.0. The van der Waals surface area contributed by atoms with Crippen molar-refractivity contribution < 1.29 is 9.85 Å². The van der Waals surface area contributed by atoms with Crippen LogP contribution in [-0.4, -0.2) is 46.0 Å². The van der Waals surface area contributed by atoms with Crippen LogP contribution in [0.25, 0.3) is 0 Å². The van der Waals surface area contributed by atoms with E-state index in [1.807, 2.05) is 0 Å². The Kier molecular flexibility index (Phi) is 5.79. The highest BCUT2D eigenvalue weighted by molar-refractivity contribution is 5.56. The van der Waals surface area contributed by atoms with Gasteiger partial charge < -0.3 is 0 Å². The minimum absolute atomic E-state index is 0.108. The Morgan fingerprint density at radius 2 is 1.04 bits per heavy atom. The zero-order valence-electron chi connectivity index (χ0n) is 14.7. The zero-order chi connectivity index (χ0) is 19.9. The van der Waals surface area contributed by atoms with E-state index in [0.717, 1.165) is 0 Å². The predicted octanol–water partition coefficient (Wildman–Crippen LogP) is 3.82. The van der Waals surface area contributed by atoms with Gasteiger partial charge in [-0.3, -0.25) is 30.2 Å². The molecule has 1 aliphatic heterocycles. The highest BCUT2D eigenvalue weighted by Gasteiger charge is 2.17. The summed E-state index contributed by atoms with van der Waals surface area (Å²) < 4.78 is 0. The van der Waals surface area contributed by atoms with Gasteiger partial charge in [-0.1, -0.05) is 34.7 Å². The third-order valence-electron chi connectivity index (χ3n) is 3.95. The fourth-order valence-electron chi connectivity index (χ4n) is 2.49. The number of benzene rings is 2. The summed E-state index contributed by atoms with van der Waals surface area (Å²) in [5, 5.41) is 41.4. The maximum Gasteiger partial charge on any atom is 0.296 e. The molecule has 0 saturated carbocycles. The molecule has 12 heteroatoms. The molecule has 1 aliphatic rings. The Balaban J connectivity index is 1.58. The van der Waals surface area contributed by atoms with Gasteiger partial charge in [-0.05, 0) is 12.1 Å². The molecule has 0 spiro atoms. The Morgan fingerprint density at radius 3 is 1.39 bits per heavy atom. The minimum atomic E-state index is -0.505. The van der Waals surface area contributed by atoms with Gasteiger partial charge in [-0.15, -0.1) is 10.2 Å². The molecule has 28 heavy (non-hydrogen) atoms. The van der Waals surface area contributed by atoms with Crippen molar-refractivity contribution in [2.45, 2.75) is 0 Å². The van der Waals surface area contributed by atoms with E-state index >= 15 is 0 Å². The molecular weight excluding hydrogens is 368 g/mol. The maximum atomic E-state index is 11.0. The summed E-state index contributed by atoms with van der Waals surface area (Å²) >= 11 is 0. The summed E-state index contributed by atoms with van der Waals surface area (Å²) in [6, 6.07) is 12.2. The molecule has 144 valence electrons. The van der Waals surface area contributed by atoms with Crippen molar-refractivity contribution in [1.82, 2.24) is 10.0 Å². The third kappa shape index (κ3) is 4.60. The molecule has 0 aromatic heterocycles. The first-order valence-corrected chi connectivity index (χ1v) is 8.34. The van der Waals surface area contributed by atoms with Crippen molar-refractivity contribution in [3.05, 3.63) is 68.8 Å². The Bertz CT molecular complexity index is 849. The van der Waals surface area contributed by atoms with E-state index in [1.165, 1.54) is 24.3 Å². The van der Waals surface area contributed by atoms with Gasteiger partial charge in [0.25, 0.3) is 11.4 Å². The molecule has 0 aliphatic carbocycles. The highest BCUT2D eigenvalue weighted by atomic mass is 16.6. The lowest BCUT2D eigenvalue weighted by Gasteiger charge is -2.29. The molecular formula is C16H16N8O4. The topological polar surface area (TPSA) is 142 Å². The molecule has 0 N–H and O–H groups in total. The number of nitro benzene ring substituents is 2. The Morgan fingerprint density at radius 1 is 0.679 bits per heavy atom. The van der Waals surface area contributed by atoms with Crippen molar-refractivity contribution in [3.63, 3.8) is 0 Å². The SMILES string of the molecule is O=[N+]([O-])c1ccccc1N=NN1CCN(N=Nc2ccccc2[N+](=O)[O-])CC1. The molecule has 0 bridgehead atoms. The first-order valence-electron chi connectivity index (χ1n) is 8.34. The number of para-hydroxylation sites is 2. The Labute approximate surface area is 159 Å². The molecule has 1 heterocycles. The fraction of sp³-hybridized carbons (Fsp3) is 0.250. The molecule has 0 unspecified atom stereocenters. The average molecular weight is 384 g/mol. The molecule has 1 fully saturated rings. The predicted molar refractivity (Wildman–Crippen MR) is 98.4 cm³/mol. The standard InChI is InChI=1S/C16H16N8O4/c25-23(26)15-7-3-1-5-13(15)17-19-21-9-11-22(12-10-21)20-18-14-6-2-4-8-16(14)24(27)28/h1-8H,9-12H2. The van der Waals surface area contributed by atoms with E-state index in [2.05, 4.69) is 20.7 Å². The van der Waals surface area contributed by atoms with E-state index in [4.69, 9.17) is 0 Å². The minimum Gasteiger partial charge on any atom is -0.275 e. The van der Waals surface area contributed by atoms with Crippen LogP contribution < -0.4 is 0 Å². The van der Waals surface area contributed by atoms with Crippen LogP contribution in [0.15, 0.2) is 69.2 Å². The third-order valence-corrected chi connectivity index (χ3v) is 3.95. The van der Waals surface area contributed by atoms with Gasteiger partial charge in [-0.2, -0.15) is 0 Å². The normalized spacial score (nSPS) is 14.7. The second kappa shape index (κ2) is 8.62. The van der Waals surface area contributed by atoms with Crippen LogP contribution in [-0.2, 0) is 0 Å². The second-order valence-electron chi connectivity index (χ2n) is 5.78. The van der Waals surface area contributed by atoms with Crippen molar-refractivity contribution in [2.75, 3.05) is 26.2 Å². The average Bonchev–Trinajstić information content (AvgIpc) is 2.71. The summed E-state index contributed by atoms with van der Waals surface area (Å²) in [4.78, 5) is 21.0. The summed E-state index contributed by atoms with van der Waals surface area (Å²) in [7, 11) is 0. The second-order valence-corrected chi connectivity index (χ2v) is 5.78. The van der Waals surface area contributed by atoms with Crippen LogP contribution in [0.4, 0.5) is 22.7 Å². The number of nitrogens with zero attached hydrogens (tertiary/aromatic N) is 8. The van der Waals surface area contributed by atoms with Crippen LogP contribution >= 0.6 is 0 Å². The summed E-state index contributed by atoms with van der Waals surface area (Å²) in [5.74, 6) is 0. The summed E-state index contributed by atoms with van der Waals surface area (Å²) in [6.07, 6.45) is 0. The van der Waals surface area contributed by atoms with Crippen molar-refractivity contribution >= 4 is 22.7 Å². The smallest absolute Gasteiger partial charge is 0.275 e. The van der Waals surface area contributed by atoms with Crippen LogP contribution in [0.1, 0.15) is 0 Å². The van der Waals surface area contributed by atoms with Crippen molar-refractivity contribution in [2.24, 2.45) is 20.7 Å². The number of rotatable bonds is 6.